The van der Waals surface area contributed by atoms with Crippen molar-refractivity contribution in [3.05, 3.63) is 32.0 Å². The molecule has 0 aromatic carbocycles. The molecule has 0 aliphatic rings. The van der Waals surface area contributed by atoms with Gasteiger partial charge in [0.05, 0.1) is 5.01 Å². The fourth-order valence-corrected chi connectivity index (χ4v) is 2.09. The molecule has 2 nitrogen and oxygen atoms in total. The van der Waals surface area contributed by atoms with Crippen LogP contribution in [-0.2, 0) is 0 Å². The molecule has 0 aliphatic carbocycles. The average Bonchev–Trinajstić information content (AvgIpc) is 2.51. The zero-order valence-electron chi connectivity index (χ0n) is 7.29. The van der Waals surface area contributed by atoms with Crippen LogP contribution in [0.3, 0.4) is 0 Å². The third-order valence-corrected chi connectivity index (χ3v) is 3.03. The number of halogens is 2. The van der Waals surface area contributed by atoms with E-state index in [9.17, 15) is 4.39 Å². The predicted octanol–water partition coefficient (Wildman–Crippen LogP) is 3.26. The third kappa shape index (κ3) is 1.93. The van der Waals surface area contributed by atoms with Crippen LogP contribution in [0.1, 0.15) is 5.01 Å². The predicted molar refractivity (Wildman–Crippen MR) is 62.8 cm³/mol. The van der Waals surface area contributed by atoms with E-state index in [0.29, 0.717) is 11.4 Å². The summed E-state index contributed by atoms with van der Waals surface area (Å²) in [5.74, 6) is -0.317. The van der Waals surface area contributed by atoms with Gasteiger partial charge in [-0.15, -0.1) is 11.3 Å². The monoisotopic (exact) mass is 320 g/mol. The fraction of sp³-hybridized carbons (Fsp3) is 0.111. The molecule has 0 spiro atoms. The van der Waals surface area contributed by atoms with Gasteiger partial charge in [0.25, 0.3) is 0 Å². The molecule has 0 saturated carbocycles. The molecule has 2 aromatic rings. The molecular weight excluding hydrogens is 314 g/mol. The van der Waals surface area contributed by atoms with Gasteiger partial charge < -0.3 is 0 Å². The molecular formula is C9H6FIN2S. The van der Waals surface area contributed by atoms with Gasteiger partial charge in [0.2, 0.25) is 0 Å². The number of aryl methyl sites for hydroxylation is 1. The highest BCUT2D eigenvalue weighted by molar-refractivity contribution is 14.1. The van der Waals surface area contributed by atoms with E-state index in [1.165, 1.54) is 17.4 Å². The number of rotatable bonds is 1. The molecule has 2 rings (SSSR count). The Morgan fingerprint density at radius 1 is 1.50 bits per heavy atom. The fourth-order valence-electron chi connectivity index (χ4n) is 1.08. The molecule has 5 heteroatoms. The minimum absolute atomic E-state index is 0.317. The van der Waals surface area contributed by atoms with Crippen LogP contribution >= 0.6 is 33.9 Å². The summed E-state index contributed by atoms with van der Waals surface area (Å²) in [7, 11) is 0. The average molecular weight is 320 g/mol. The van der Waals surface area contributed by atoms with Crippen molar-refractivity contribution in [2.24, 2.45) is 0 Å². The van der Waals surface area contributed by atoms with Gasteiger partial charge in [-0.3, -0.25) is 4.98 Å². The third-order valence-electron chi connectivity index (χ3n) is 1.67. The highest BCUT2D eigenvalue weighted by atomic mass is 127. The standard InChI is InChI=1S/C9H6FIN2S/c1-5-13-8(4-14-5)9-7(10)2-6(11)3-12-9/h2-4H,1H3. The van der Waals surface area contributed by atoms with Gasteiger partial charge in [0.1, 0.15) is 11.4 Å². The van der Waals surface area contributed by atoms with E-state index in [1.54, 1.807) is 6.20 Å². The van der Waals surface area contributed by atoms with E-state index in [4.69, 9.17) is 0 Å². The van der Waals surface area contributed by atoms with Gasteiger partial charge >= 0.3 is 0 Å². The normalized spacial score (nSPS) is 10.5. The molecule has 0 atom stereocenters. The van der Waals surface area contributed by atoms with Gasteiger partial charge in [-0.05, 0) is 35.6 Å². The number of aromatic nitrogens is 2. The Labute approximate surface area is 98.4 Å². The summed E-state index contributed by atoms with van der Waals surface area (Å²) in [6.07, 6.45) is 1.63. The Kier molecular flexibility index (Phi) is 2.78. The van der Waals surface area contributed by atoms with Crippen LogP contribution in [0.2, 0.25) is 0 Å². The smallest absolute Gasteiger partial charge is 0.152 e. The lowest BCUT2D eigenvalue weighted by Gasteiger charge is -1.98. The lowest BCUT2D eigenvalue weighted by atomic mass is 10.3. The largest absolute Gasteiger partial charge is 0.250 e. The van der Waals surface area contributed by atoms with E-state index in [0.717, 1.165) is 8.58 Å². The van der Waals surface area contributed by atoms with E-state index >= 15 is 0 Å². The highest BCUT2D eigenvalue weighted by Crippen LogP contribution is 2.22. The molecule has 2 aromatic heterocycles. The van der Waals surface area contributed by atoms with Crippen molar-refractivity contribution in [1.82, 2.24) is 9.97 Å². The second-order valence-corrected chi connectivity index (χ2v) is 5.04. The molecule has 0 saturated heterocycles. The van der Waals surface area contributed by atoms with Crippen LogP contribution in [0.4, 0.5) is 4.39 Å². The minimum atomic E-state index is -0.317. The lowest BCUT2D eigenvalue weighted by molar-refractivity contribution is 0.624. The van der Waals surface area contributed by atoms with Crippen molar-refractivity contribution in [2.75, 3.05) is 0 Å². The molecule has 0 radical (unpaired) electrons. The zero-order valence-corrected chi connectivity index (χ0v) is 10.3. The summed E-state index contributed by atoms with van der Waals surface area (Å²) in [5, 5.41) is 2.73. The zero-order chi connectivity index (χ0) is 10.1. The first kappa shape index (κ1) is 9.97. The summed E-state index contributed by atoms with van der Waals surface area (Å²) in [6, 6.07) is 1.46. The van der Waals surface area contributed by atoms with Crippen LogP contribution in [0.5, 0.6) is 0 Å². The second-order valence-electron chi connectivity index (χ2n) is 2.74. The number of pyridine rings is 1. The maximum Gasteiger partial charge on any atom is 0.152 e. The minimum Gasteiger partial charge on any atom is -0.250 e. The quantitative estimate of drug-likeness (QED) is 0.754. The first-order valence-corrected chi connectivity index (χ1v) is 5.86. The summed E-state index contributed by atoms with van der Waals surface area (Å²) >= 11 is 3.52. The van der Waals surface area contributed by atoms with Crippen molar-refractivity contribution in [2.45, 2.75) is 6.92 Å². The summed E-state index contributed by atoms with van der Waals surface area (Å²) < 4.78 is 14.2. The molecule has 14 heavy (non-hydrogen) atoms. The Balaban J connectivity index is 2.52. The first-order chi connectivity index (χ1) is 6.66. The van der Waals surface area contributed by atoms with Crippen molar-refractivity contribution < 1.29 is 4.39 Å². The van der Waals surface area contributed by atoms with Gasteiger partial charge in [0, 0.05) is 15.1 Å². The van der Waals surface area contributed by atoms with Crippen LogP contribution in [0.15, 0.2) is 17.6 Å². The first-order valence-electron chi connectivity index (χ1n) is 3.90. The molecule has 0 fully saturated rings. The molecule has 0 amide bonds. The topological polar surface area (TPSA) is 25.8 Å². The molecule has 72 valence electrons. The number of thiazole rings is 1. The molecule has 0 unspecified atom stereocenters. The molecule has 0 aliphatic heterocycles. The van der Waals surface area contributed by atoms with Crippen LogP contribution < -0.4 is 0 Å². The van der Waals surface area contributed by atoms with E-state index in [2.05, 4.69) is 9.97 Å². The maximum absolute atomic E-state index is 13.4. The number of nitrogens with zero attached hydrogens (tertiary/aromatic N) is 2. The van der Waals surface area contributed by atoms with Crippen LogP contribution in [-0.4, -0.2) is 9.97 Å². The van der Waals surface area contributed by atoms with Crippen LogP contribution in [0, 0.1) is 16.3 Å². The van der Waals surface area contributed by atoms with Gasteiger partial charge in [-0.25, -0.2) is 9.37 Å². The highest BCUT2D eigenvalue weighted by Gasteiger charge is 2.09. The second kappa shape index (κ2) is 3.90. The lowest BCUT2D eigenvalue weighted by Crippen LogP contribution is -1.90. The maximum atomic E-state index is 13.4. The Bertz CT molecular complexity index is 470. The van der Waals surface area contributed by atoms with Crippen molar-refractivity contribution in [1.29, 1.82) is 0 Å². The van der Waals surface area contributed by atoms with Crippen molar-refractivity contribution in [3.63, 3.8) is 0 Å². The molecule has 0 bridgehead atoms. The SMILES string of the molecule is Cc1nc(-c2ncc(I)cc2F)cs1. The van der Waals surface area contributed by atoms with E-state index < -0.39 is 0 Å². The summed E-state index contributed by atoms with van der Waals surface area (Å²) in [6.45, 7) is 1.89. The van der Waals surface area contributed by atoms with Crippen LogP contribution in [0.25, 0.3) is 11.4 Å². The van der Waals surface area contributed by atoms with Crippen molar-refractivity contribution >= 4 is 33.9 Å². The molecule has 2 heterocycles. The van der Waals surface area contributed by atoms with Crippen molar-refractivity contribution in [3.8, 4) is 11.4 Å². The molecule has 0 N–H and O–H groups in total. The number of hydrogen-bond donors (Lipinski definition) is 0. The Hall–Kier alpha value is -0.560. The summed E-state index contributed by atoms with van der Waals surface area (Å²) in [4.78, 5) is 8.21. The van der Waals surface area contributed by atoms with E-state index in [-0.39, 0.29) is 5.82 Å². The number of hydrogen-bond acceptors (Lipinski definition) is 3. The Morgan fingerprint density at radius 3 is 2.86 bits per heavy atom. The van der Waals surface area contributed by atoms with Gasteiger partial charge in [0.15, 0.2) is 5.82 Å². The van der Waals surface area contributed by atoms with Gasteiger partial charge in [-0.1, -0.05) is 0 Å². The Morgan fingerprint density at radius 2 is 2.29 bits per heavy atom. The van der Waals surface area contributed by atoms with E-state index in [1.807, 2.05) is 34.9 Å². The van der Waals surface area contributed by atoms with Gasteiger partial charge in [-0.2, -0.15) is 0 Å². The summed E-state index contributed by atoms with van der Waals surface area (Å²) in [5.41, 5.74) is 0.941.